The Bertz CT molecular complexity index is 741. The van der Waals surface area contributed by atoms with Gasteiger partial charge in [-0.2, -0.15) is 5.26 Å². The number of nitrogens with one attached hydrogen (secondary N) is 2. The molecule has 0 amide bonds. The molecule has 0 fully saturated rings. The molecule has 26 heavy (non-hydrogen) atoms. The third kappa shape index (κ3) is 5.62. The molecule has 0 aliphatic carbocycles. The molecule has 0 bridgehead atoms. The van der Waals surface area contributed by atoms with Gasteiger partial charge in [0.1, 0.15) is 30.1 Å². The number of rotatable bonds is 9. The first-order valence-corrected chi connectivity index (χ1v) is 8.38. The second kappa shape index (κ2) is 9.61. The molecule has 0 aliphatic rings. The summed E-state index contributed by atoms with van der Waals surface area (Å²) < 4.78 is 10.7. The van der Waals surface area contributed by atoms with Gasteiger partial charge in [-0.3, -0.25) is 0 Å². The summed E-state index contributed by atoms with van der Waals surface area (Å²) in [5.41, 5.74) is 1.67. The maximum atomic E-state index is 9.95. The zero-order valence-corrected chi connectivity index (χ0v) is 15.2. The second-order valence-corrected chi connectivity index (χ2v) is 6.03. The van der Waals surface area contributed by atoms with E-state index in [0.717, 1.165) is 11.4 Å². The Morgan fingerprint density at radius 3 is 2.58 bits per heavy atom. The van der Waals surface area contributed by atoms with Crippen LogP contribution in [-0.4, -0.2) is 42.5 Å². The van der Waals surface area contributed by atoms with E-state index in [9.17, 15) is 10.4 Å². The van der Waals surface area contributed by atoms with Crippen LogP contribution < -0.4 is 20.1 Å². The lowest BCUT2D eigenvalue weighted by molar-refractivity contribution is 0.102. The van der Waals surface area contributed by atoms with Crippen molar-refractivity contribution >= 4 is 11.4 Å². The van der Waals surface area contributed by atoms with Gasteiger partial charge in [0.05, 0.1) is 12.8 Å². The zero-order valence-electron chi connectivity index (χ0n) is 15.2. The normalized spacial score (nSPS) is 11.7. The average molecular weight is 356 g/mol. The van der Waals surface area contributed by atoms with Crippen LogP contribution in [0.5, 0.6) is 11.6 Å². The number of aromatic nitrogens is 1. The number of aliphatic hydroxyl groups is 1. The van der Waals surface area contributed by atoms with Crippen LogP contribution in [-0.2, 0) is 0 Å². The molecule has 7 nitrogen and oxygen atoms in total. The summed E-state index contributed by atoms with van der Waals surface area (Å²) in [6.07, 6.45) is 0.866. The zero-order chi connectivity index (χ0) is 18.9. The van der Waals surface area contributed by atoms with Crippen molar-refractivity contribution in [1.82, 2.24) is 10.3 Å². The fourth-order valence-corrected chi connectivity index (χ4v) is 2.20. The van der Waals surface area contributed by atoms with Crippen LogP contribution in [0.4, 0.5) is 11.4 Å². The van der Waals surface area contributed by atoms with Gasteiger partial charge in [0.15, 0.2) is 0 Å². The molecule has 2 rings (SSSR count). The number of aliphatic hydroxyl groups excluding tert-OH is 1. The van der Waals surface area contributed by atoms with Crippen molar-refractivity contribution in [2.75, 3.05) is 25.6 Å². The highest BCUT2D eigenvalue weighted by Gasteiger charge is 2.13. The van der Waals surface area contributed by atoms with E-state index in [0.29, 0.717) is 12.2 Å². The Morgan fingerprint density at radius 2 is 1.96 bits per heavy atom. The number of pyridine rings is 1. The Balaban J connectivity index is 2.07. The monoisotopic (exact) mass is 356 g/mol. The molecule has 1 aromatic carbocycles. The molecule has 0 saturated heterocycles. The summed E-state index contributed by atoms with van der Waals surface area (Å²) in [5.74, 6) is 0.938. The summed E-state index contributed by atoms with van der Waals surface area (Å²) in [5, 5.41) is 25.7. The van der Waals surface area contributed by atoms with Crippen molar-refractivity contribution < 1.29 is 14.6 Å². The average Bonchev–Trinajstić information content (AvgIpc) is 2.65. The van der Waals surface area contributed by atoms with Crippen molar-refractivity contribution in [2.24, 2.45) is 0 Å². The van der Waals surface area contributed by atoms with Crippen molar-refractivity contribution in [2.45, 2.75) is 26.0 Å². The largest absolute Gasteiger partial charge is 0.497 e. The molecule has 1 unspecified atom stereocenters. The van der Waals surface area contributed by atoms with Gasteiger partial charge in [0.25, 0.3) is 0 Å². The number of nitrogens with zero attached hydrogens (tertiary/aromatic N) is 2. The van der Waals surface area contributed by atoms with E-state index in [2.05, 4.69) is 21.7 Å². The predicted molar refractivity (Wildman–Crippen MR) is 99.9 cm³/mol. The first-order chi connectivity index (χ1) is 12.5. The van der Waals surface area contributed by atoms with Gasteiger partial charge in [-0.1, -0.05) is 13.8 Å². The molecule has 1 heterocycles. The molecule has 7 heteroatoms. The summed E-state index contributed by atoms with van der Waals surface area (Å²) in [6, 6.07) is 11.4. The highest BCUT2D eigenvalue weighted by atomic mass is 16.5. The Labute approximate surface area is 153 Å². The van der Waals surface area contributed by atoms with Gasteiger partial charge in [0, 0.05) is 24.5 Å². The third-order valence-corrected chi connectivity index (χ3v) is 3.57. The predicted octanol–water partition coefficient (Wildman–Crippen LogP) is 2.44. The van der Waals surface area contributed by atoms with Crippen LogP contribution in [0, 0.1) is 11.3 Å². The Kier molecular flexibility index (Phi) is 7.21. The maximum absolute atomic E-state index is 9.95. The number of hydrogen-bond donors (Lipinski definition) is 3. The molecule has 3 N–H and O–H groups in total. The van der Waals surface area contributed by atoms with E-state index in [1.165, 1.54) is 0 Å². The molecule has 138 valence electrons. The van der Waals surface area contributed by atoms with Crippen molar-refractivity contribution in [3.63, 3.8) is 0 Å². The summed E-state index contributed by atoms with van der Waals surface area (Å²) in [6.45, 7) is 4.45. The van der Waals surface area contributed by atoms with Gasteiger partial charge in [-0.15, -0.1) is 0 Å². The molecule has 1 aromatic heterocycles. The first kappa shape index (κ1) is 19.5. The highest BCUT2D eigenvalue weighted by Crippen LogP contribution is 2.27. The Morgan fingerprint density at radius 1 is 1.23 bits per heavy atom. The quantitative estimate of drug-likeness (QED) is 0.634. The van der Waals surface area contributed by atoms with E-state index >= 15 is 0 Å². The van der Waals surface area contributed by atoms with Crippen LogP contribution in [0.25, 0.3) is 0 Å². The minimum Gasteiger partial charge on any atom is -0.497 e. The number of methoxy groups -OCH3 is 1. The van der Waals surface area contributed by atoms with Crippen LogP contribution in [0.3, 0.4) is 0 Å². The van der Waals surface area contributed by atoms with Gasteiger partial charge < -0.3 is 25.2 Å². The highest BCUT2D eigenvalue weighted by molar-refractivity contribution is 5.68. The lowest BCUT2D eigenvalue weighted by Gasteiger charge is -2.16. The van der Waals surface area contributed by atoms with Gasteiger partial charge in [-0.05, 0) is 30.3 Å². The molecule has 0 aliphatic heterocycles. The van der Waals surface area contributed by atoms with Crippen molar-refractivity contribution in [3.05, 3.63) is 42.1 Å². The third-order valence-electron chi connectivity index (χ3n) is 3.57. The van der Waals surface area contributed by atoms with Gasteiger partial charge in [0.2, 0.25) is 5.88 Å². The van der Waals surface area contributed by atoms with E-state index in [-0.39, 0.29) is 24.1 Å². The van der Waals surface area contributed by atoms with Crippen molar-refractivity contribution in [1.29, 1.82) is 5.26 Å². The second-order valence-electron chi connectivity index (χ2n) is 6.03. The van der Waals surface area contributed by atoms with Crippen LogP contribution in [0.15, 0.2) is 36.5 Å². The van der Waals surface area contributed by atoms with Crippen LogP contribution in [0.2, 0.25) is 0 Å². The molecular formula is C19H24N4O3. The van der Waals surface area contributed by atoms with E-state index in [1.54, 1.807) is 19.4 Å². The number of hydrogen-bond acceptors (Lipinski definition) is 7. The molecular weight excluding hydrogens is 332 g/mol. The summed E-state index contributed by atoms with van der Waals surface area (Å²) >= 11 is 0. The first-order valence-electron chi connectivity index (χ1n) is 8.38. The van der Waals surface area contributed by atoms with Crippen molar-refractivity contribution in [3.8, 4) is 17.7 Å². The van der Waals surface area contributed by atoms with E-state index in [4.69, 9.17) is 9.47 Å². The fraction of sp³-hybridized carbons (Fsp3) is 0.368. The molecule has 0 spiro atoms. The van der Waals surface area contributed by atoms with Gasteiger partial charge in [-0.25, -0.2) is 4.98 Å². The molecule has 2 aromatic rings. The minimum atomic E-state index is -0.691. The summed E-state index contributed by atoms with van der Waals surface area (Å²) in [7, 11) is 1.60. The summed E-state index contributed by atoms with van der Waals surface area (Å²) in [4.78, 5) is 4.11. The van der Waals surface area contributed by atoms with E-state index < -0.39 is 6.10 Å². The number of benzene rings is 1. The fourth-order valence-electron chi connectivity index (χ4n) is 2.20. The SMILES string of the molecule is COc1ccc(Nc2ccnc(OCC(O)CNC(C)C)c2C#N)cc1. The molecule has 0 saturated carbocycles. The molecule has 1 atom stereocenters. The lowest BCUT2D eigenvalue weighted by Crippen LogP contribution is -2.35. The van der Waals surface area contributed by atoms with Gasteiger partial charge >= 0.3 is 0 Å². The number of nitriles is 1. The van der Waals surface area contributed by atoms with Crippen LogP contribution >= 0.6 is 0 Å². The minimum absolute atomic E-state index is 0.0490. The number of ether oxygens (including phenoxy) is 2. The van der Waals surface area contributed by atoms with Crippen LogP contribution in [0.1, 0.15) is 19.4 Å². The molecule has 0 radical (unpaired) electrons. The van der Waals surface area contributed by atoms with E-state index in [1.807, 2.05) is 38.1 Å². The topological polar surface area (TPSA) is 99.4 Å². The number of anilines is 2. The maximum Gasteiger partial charge on any atom is 0.233 e. The standard InChI is InChI=1S/C19H24N4O3/c1-13(2)22-11-15(24)12-26-19-17(10-20)18(8-9-21-19)23-14-4-6-16(25-3)7-5-14/h4-9,13,15,22,24H,11-12H2,1-3H3,(H,21,23). The smallest absolute Gasteiger partial charge is 0.233 e. The lowest BCUT2D eigenvalue weighted by atomic mass is 10.2. The Hall–Kier alpha value is -2.82.